The number of hydrogen-bond donors (Lipinski definition) is 1. The molecule has 6 heteroatoms. The molecule has 1 saturated carbocycles. The van der Waals surface area contributed by atoms with Crippen molar-refractivity contribution in [3.05, 3.63) is 51.7 Å². The fourth-order valence-electron chi connectivity index (χ4n) is 4.44. The van der Waals surface area contributed by atoms with Crippen molar-refractivity contribution < 1.29 is 14.3 Å². The zero-order chi connectivity index (χ0) is 22.6. The van der Waals surface area contributed by atoms with Crippen molar-refractivity contribution in [1.82, 2.24) is 10.2 Å². The molecule has 3 rings (SSSR count). The van der Waals surface area contributed by atoms with Crippen LogP contribution < -0.4 is 5.32 Å². The van der Waals surface area contributed by atoms with Gasteiger partial charge in [0, 0.05) is 17.8 Å². The summed E-state index contributed by atoms with van der Waals surface area (Å²) in [5, 5.41) is 3.85. The second-order valence-electron chi connectivity index (χ2n) is 8.79. The van der Waals surface area contributed by atoms with Gasteiger partial charge >= 0.3 is 12.0 Å². The largest absolute Gasteiger partial charge is 0.466 e. The van der Waals surface area contributed by atoms with E-state index in [1.54, 1.807) is 11.8 Å². The van der Waals surface area contributed by atoms with Crippen molar-refractivity contribution in [1.29, 1.82) is 0 Å². The number of carbonyl (C=O) groups excluding carboxylic acids is 2. The summed E-state index contributed by atoms with van der Waals surface area (Å²) in [6, 6.07) is 5.83. The molecule has 0 aromatic heterocycles. The Morgan fingerprint density at radius 3 is 2.65 bits per heavy atom. The molecule has 0 saturated heterocycles. The lowest BCUT2D eigenvalue weighted by Gasteiger charge is -2.42. The highest BCUT2D eigenvalue weighted by Crippen LogP contribution is 2.39. The minimum Gasteiger partial charge on any atom is -0.466 e. The second-order valence-corrected chi connectivity index (χ2v) is 9.20. The minimum atomic E-state index is -0.672. The summed E-state index contributed by atoms with van der Waals surface area (Å²) < 4.78 is 4.99. The molecule has 2 amide bonds. The Balaban J connectivity index is 1.88. The SMILES string of the molecule is CCOC(=O)CCN1C=C(C(C)C)[C@](C)(c2ccc(C=C3CCCC3)c(Cl)c2)NC1=O. The predicted molar refractivity (Wildman–Crippen MR) is 125 cm³/mol. The molecule has 0 bridgehead atoms. The summed E-state index contributed by atoms with van der Waals surface area (Å²) >= 11 is 6.66. The molecule has 1 aliphatic heterocycles. The van der Waals surface area contributed by atoms with Gasteiger partial charge in [-0.2, -0.15) is 0 Å². The molecule has 1 aliphatic carbocycles. The zero-order valence-electron chi connectivity index (χ0n) is 19.0. The number of nitrogens with one attached hydrogen (secondary N) is 1. The number of benzene rings is 1. The number of urea groups is 1. The van der Waals surface area contributed by atoms with Crippen LogP contribution in [-0.4, -0.2) is 30.1 Å². The number of esters is 1. The summed E-state index contributed by atoms with van der Waals surface area (Å²) in [5.74, 6) is -0.114. The summed E-state index contributed by atoms with van der Waals surface area (Å²) in [4.78, 5) is 26.2. The average Bonchev–Trinajstić information content (AvgIpc) is 3.22. The van der Waals surface area contributed by atoms with Crippen LogP contribution in [0, 0.1) is 5.92 Å². The molecule has 0 spiro atoms. The Hall–Kier alpha value is -2.27. The maximum absolute atomic E-state index is 12.9. The van der Waals surface area contributed by atoms with Gasteiger partial charge in [0.1, 0.15) is 0 Å². The van der Waals surface area contributed by atoms with E-state index in [1.165, 1.54) is 18.4 Å². The third-order valence-electron chi connectivity index (χ3n) is 6.16. The number of hydrogen-bond acceptors (Lipinski definition) is 3. The fourth-order valence-corrected chi connectivity index (χ4v) is 4.67. The molecule has 1 aromatic carbocycles. The highest BCUT2D eigenvalue weighted by atomic mass is 35.5. The van der Waals surface area contributed by atoms with Crippen molar-refractivity contribution in [3.8, 4) is 0 Å². The number of nitrogens with zero attached hydrogens (tertiary/aromatic N) is 1. The van der Waals surface area contributed by atoms with Gasteiger partial charge in [0.2, 0.25) is 0 Å². The summed E-state index contributed by atoms with van der Waals surface area (Å²) in [5.41, 5.74) is 3.82. The minimum absolute atomic E-state index is 0.162. The van der Waals surface area contributed by atoms with Crippen molar-refractivity contribution >= 4 is 29.7 Å². The Labute approximate surface area is 190 Å². The monoisotopic (exact) mass is 444 g/mol. The maximum atomic E-state index is 12.9. The lowest BCUT2D eigenvalue weighted by Crippen LogP contribution is -2.55. The first-order chi connectivity index (χ1) is 14.7. The maximum Gasteiger partial charge on any atom is 0.322 e. The van der Waals surface area contributed by atoms with Crippen LogP contribution in [0.15, 0.2) is 35.5 Å². The van der Waals surface area contributed by atoms with Gasteiger partial charge in [0.05, 0.1) is 18.6 Å². The van der Waals surface area contributed by atoms with Gasteiger partial charge in [0.25, 0.3) is 0 Å². The van der Waals surface area contributed by atoms with Gasteiger partial charge in [-0.15, -0.1) is 0 Å². The van der Waals surface area contributed by atoms with E-state index in [-0.39, 0.29) is 30.9 Å². The van der Waals surface area contributed by atoms with Gasteiger partial charge in [-0.1, -0.05) is 49.2 Å². The third-order valence-corrected chi connectivity index (χ3v) is 6.48. The summed E-state index contributed by atoms with van der Waals surface area (Å²) in [6.07, 6.45) is 9.04. The van der Waals surface area contributed by atoms with Crippen molar-refractivity contribution in [2.45, 2.75) is 65.3 Å². The molecule has 1 atom stereocenters. The van der Waals surface area contributed by atoms with E-state index in [0.29, 0.717) is 11.6 Å². The molecule has 0 unspecified atom stereocenters. The summed E-state index contributed by atoms with van der Waals surface area (Å²) in [6.45, 7) is 8.61. The zero-order valence-corrected chi connectivity index (χ0v) is 19.7. The van der Waals surface area contributed by atoms with Crippen LogP contribution >= 0.6 is 11.6 Å². The normalized spacial score (nSPS) is 21.2. The molecule has 1 fully saturated rings. The molecule has 2 aliphatic rings. The van der Waals surface area contributed by atoms with Gasteiger partial charge < -0.3 is 15.0 Å². The first kappa shape index (κ1) is 23.4. The molecule has 31 heavy (non-hydrogen) atoms. The van der Waals surface area contributed by atoms with E-state index in [4.69, 9.17) is 16.3 Å². The lowest BCUT2D eigenvalue weighted by molar-refractivity contribution is -0.143. The highest BCUT2D eigenvalue weighted by Gasteiger charge is 2.39. The highest BCUT2D eigenvalue weighted by molar-refractivity contribution is 6.32. The van der Waals surface area contributed by atoms with E-state index >= 15 is 0 Å². The Bertz CT molecular complexity index is 898. The quantitative estimate of drug-likeness (QED) is 0.522. The van der Waals surface area contributed by atoms with Crippen LogP contribution in [0.25, 0.3) is 6.08 Å². The molecule has 1 heterocycles. The number of carbonyl (C=O) groups is 2. The van der Waals surface area contributed by atoms with Crippen LogP contribution in [0.3, 0.4) is 0 Å². The first-order valence-electron chi connectivity index (χ1n) is 11.2. The average molecular weight is 445 g/mol. The topological polar surface area (TPSA) is 58.6 Å². The fraction of sp³-hybridized carbons (Fsp3) is 0.520. The standard InChI is InChI=1S/C25H33ClN2O3/c1-5-31-23(29)12-13-28-16-21(17(2)3)25(4,27-24(28)30)20-11-10-19(22(26)15-20)14-18-8-6-7-9-18/h10-11,14-17H,5-9,12-13H2,1-4H3,(H,27,30)/t25-/m0/s1. The van der Waals surface area contributed by atoms with E-state index in [2.05, 4.69) is 31.3 Å². The number of ether oxygens (including phenoxy) is 1. The van der Waals surface area contributed by atoms with Crippen LogP contribution in [0.1, 0.15) is 70.9 Å². The summed E-state index contributed by atoms with van der Waals surface area (Å²) in [7, 11) is 0. The van der Waals surface area contributed by atoms with E-state index in [1.807, 2.05) is 25.3 Å². The Kier molecular flexibility index (Phi) is 7.47. The molecule has 1 N–H and O–H groups in total. The molecule has 0 radical (unpaired) electrons. The molecule has 168 valence electrons. The van der Waals surface area contributed by atoms with Gasteiger partial charge in [0.15, 0.2) is 0 Å². The van der Waals surface area contributed by atoms with Gasteiger partial charge in [-0.05, 0) is 68.2 Å². The van der Waals surface area contributed by atoms with Crippen molar-refractivity contribution in [3.63, 3.8) is 0 Å². The van der Waals surface area contributed by atoms with Crippen molar-refractivity contribution in [2.24, 2.45) is 5.92 Å². The Morgan fingerprint density at radius 1 is 1.32 bits per heavy atom. The molecular weight excluding hydrogens is 412 g/mol. The van der Waals surface area contributed by atoms with Crippen molar-refractivity contribution in [2.75, 3.05) is 13.2 Å². The number of amides is 2. The Morgan fingerprint density at radius 2 is 2.03 bits per heavy atom. The molecule has 5 nitrogen and oxygen atoms in total. The number of rotatable bonds is 7. The predicted octanol–water partition coefficient (Wildman–Crippen LogP) is 6.03. The van der Waals surface area contributed by atoms with Crippen LogP contribution in [0.4, 0.5) is 4.79 Å². The van der Waals surface area contributed by atoms with Gasteiger partial charge in [-0.25, -0.2) is 4.79 Å². The van der Waals surface area contributed by atoms with E-state index in [0.717, 1.165) is 29.5 Å². The lowest BCUT2D eigenvalue weighted by atomic mass is 9.78. The second kappa shape index (κ2) is 9.90. The third kappa shape index (κ3) is 5.32. The molecular formula is C25H33ClN2O3. The van der Waals surface area contributed by atoms with Crippen LogP contribution in [0.2, 0.25) is 5.02 Å². The number of halogens is 1. The first-order valence-corrected chi connectivity index (χ1v) is 11.6. The van der Waals surface area contributed by atoms with E-state index in [9.17, 15) is 9.59 Å². The van der Waals surface area contributed by atoms with Crippen LogP contribution in [0.5, 0.6) is 0 Å². The van der Waals surface area contributed by atoms with Crippen LogP contribution in [-0.2, 0) is 15.1 Å². The number of allylic oxidation sites excluding steroid dienone is 1. The van der Waals surface area contributed by atoms with E-state index < -0.39 is 5.54 Å². The molecule has 1 aromatic rings. The smallest absolute Gasteiger partial charge is 0.322 e. The van der Waals surface area contributed by atoms with Gasteiger partial charge in [-0.3, -0.25) is 4.79 Å².